The summed E-state index contributed by atoms with van der Waals surface area (Å²) in [6.07, 6.45) is 4.27. The molecule has 2 unspecified atom stereocenters. The number of nitriles is 1. The van der Waals surface area contributed by atoms with Crippen LogP contribution in [0.3, 0.4) is 0 Å². The number of hydrogen-bond acceptors (Lipinski definition) is 3. The lowest BCUT2D eigenvalue weighted by Crippen LogP contribution is -2.46. The van der Waals surface area contributed by atoms with Crippen LogP contribution in [0.2, 0.25) is 0 Å². The van der Waals surface area contributed by atoms with Crippen molar-refractivity contribution in [3.63, 3.8) is 0 Å². The van der Waals surface area contributed by atoms with E-state index in [-0.39, 0.29) is 17.9 Å². The first kappa shape index (κ1) is 14.5. The van der Waals surface area contributed by atoms with E-state index in [0.29, 0.717) is 13.0 Å². The van der Waals surface area contributed by atoms with Gasteiger partial charge in [-0.1, -0.05) is 31.0 Å². The van der Waals surface area contributed by atoms with Crippen molar-refractivity contribution < 1.29 is 4.79 Å². The van der Waals surface area contributed by atoms with E-state index in [1.54, 1.807) is 4.90 Å². The van der Waals surface area contributed by atoms with Crippen molar-refractivity contribution in [2.45, 2.75) is 38.1 Å². The predicted octanol–water partition coefficient (Wildman–Crippen LogP) is 2.45. The highest BCUT2D eigenvalue weighted by atomic mass is 16.2. The van der Waals surface area contributed by atoms with E-state index < -0.39 is 0 Å². The number of nitrogens with zero attached hydrogens (tertiary/aromatic N) is 2. The molecular formula is C16H21N3O. The number of carbonyl (C=O) groups is 1. The van der Waals surface area contributed by atoms with Crippen LogP contribution in [-0.2, 0) is 4.79 Å². The summed E-state index contributed by atoms with van der Waals surface area (Å²) in [5.74, 6) is -0.0405. The molecule has 4 nitrogen and oxygen atoms in total. The number of amides is 1. The summed E-state index contributed by atoms with van der Waals surface area (Å²) in [6.45, 7) is 0.433. The van der Waals surface area contributed by atoms with Crippen molar-refractivity contribution in [1.29, 1.82) is 5.26 Å². The van der Waals surface area contributed by atoms with Crippen LogP contribution in [0.4, 0.5) is 5.69 Å². The smallest absolute Gasteiger partial charge is 0.231 e. The third-order valence-corrected chi connectivity index (χ3v) is 3.92. The molecule has 20 heavy (non-hydrogen) atoms. The first-order valence-corrected chi connectivity index (χ1v) is 7.23. The lowest BCUT2D eigenvalue weighted by molar-refractivity contribution is -0.123. The average molecular weight is 271 g/mol. The fourth-order valence-electron chi connectivity index (χ4n) is 2.80. The highest BCUT2D eigenvalue weighted by Gasteiger charge is 2.32. The van der Waals surface area contributed by atoms with Gasteiger partial charge in [0.05, 0.1) is 18.4 Å². The first-order chi connectivity index (χ1) is 9.74. The van der Waals surface area contributed by atoms with E-state index >= 15 is 0 Å². The van der Waals surface area contributed by atoms with E-state index in [2.05, 4.69) is 6.07 Å². The van der Waals surface area contributed by atoms with Gasteiger partial charge in [0.25, 0.3) is 0 Å². The van der Waals surface area contributed by atoms with E-state index in [0.717, 1.165) is 31.4 Å². The minimum atomic E-state index is -0.109. The molecule has 0 aromatic heterocycles. The second-order valence-corrected chi connectivity index (χ2v) is 5.29. The lowest BCUT2D eigenvalue weighted by Gasteiger charge is -2.32. The maximum absolute atomic E-state index is 12.8. The van der Waals surface area contributed by atoms with Crippen LogP contribution in [0.5, 0.6) is 0 Å². The van der Waals surface area contributed by atoms with E-state index in [9.17, 15) is 4.79 Å². The van der Waals surface area contributed by atoms with Crippen LogP contribution < -0.4 is 10.6 Å². The third-order valence-electron chi connectivity index (χ3n) is 3.92. The van der Waals surface area contributed by atoms with Crippen molar-refractivity contribution in [3.8, 4) is 6.07 Å². The molecule has 1 amide bonds. The van der Waals surface area contributed by atoms with Crippen LogP contribution in [0, 0.1) is 17.2 Å². The number of rotatable bonds is 4. The number of nitrogens with two attached hydrogens (primary N) is 1. The number of benzene rings is 1. The maximum Gasteiger partial charge on any atom is 0.231 e. The highest BCUT2D eigenvalue weighted by Crippen LogP contribution is 2.27. The summed E-state index contributed by atoms with van der Waals surface area (Å²) >= 11 is 0. The van der Waals surface area contributed by atoms with Crippen LogP contribution in [0.25, 0.3) is 0 Å². The van der Waals surface area contributed by atoms with Gasteiger partial charge in [-0.2, -0.15) is 5.26 Å². The summed E-state index contributed by atoms with van der Waals surface area (Å²) in [4.78, 5) is 14.5. The molecule has 4 heteroatoms. The van der Waals surface area contributed by atoms with E-state index in [1.165, 1.54) is 0 Å². The Hall–Kier alpha value is -1.86. The molecule has 0 radical (unpaired) electrons. The van der Waals surface area contributed by atoms with Gasteiger partial charge in [0.1, 0.15) is 0 Å². The molecule has 1 aromatic rings. The molecule has 106 valence electrons. The summed E-state index contributed by atoms with van der Waals surface area (Å²) in [6, 6.07) is 11.6. The van der Waals surface area contributed by atoms with Gasteiger partial charge in [0, 0.05) is 18.3 Å². The molecular weight excluding hydrogens is 250 g/mol. The normalized spacial score (nSPS) is 22.0. The minimum absolute atomic E-state index is 0.0513. The molecule has 0 spiro atoms. The van der Waals surface area contributed by atoms with Gasteiger partial charge in [0.2, 0.25) is 5.91 Å². The predicted molar refractivity (Wildman–Crippen MR) is 79.0 cm³/mol. The first-order valence-electron chi connectivity index (χ1n) is 7.23. The van der Waals surface area contributed by atoms with Gasteiger partial charge in [-0.25, -0.2) is 0 Å². The lowest BCUT2D eigenvalue weighted by atomic mass is 9.84. The van der Waals surface area contributed by atoms with Crippen molar-refractivity contribution in [2.24, 2.45) is 11.7 Å². The zero-order valence-corrected chi connectivity index (χ0v) is 11.7. The van der Waals surface area contributed by atoms with Crippen molar-refractivity contribution >= 4 is 11.6 Å². The SMILES string of the molecule is N#CCCN(C(=O)C1CCCCC1N)c1ccccc1. The van der Waals surface area contributed by atoms with E-state index in [1.807, 2.05) is 30.3 Å². The summed E-state index contributed by atoms with van der Waals surface area (Å²) in [5, 5.41) is 8.79. The largest absolute Gasteiger partial charge is 0.327 e. The monoisotopic (exact) mass is 271 g/mol. The van der Waals surface area contributed by atoms with Gasteiger partial charge in [-0.05, 0) is 25.0 Å². The standard InChI is InChI=1S/C16H21N3O/c17-11-6-12-19(13-7-2-1-3-8-13)16(20)14-9-4-5-10-15(14)18/h1-3,7-8,14-15H,4-6,9-10,12,18H2. The summed E-state index contributed by atoms with van der Waals surface area (Å²) in [5.41, 5.74) is 6.96. The number of hydrogen-bond donors (Lipinski definition) is 1. The van der Waals surface area contributed by atoms with Crippen molar-refractivity contribution in [2.75, 3.05) is 11.4 Å². The number of carbonyl (C=O) groups excluding carboxylic acids is 1. The molecule has 0 aliphatic heterocycles. The van der Waals surface area contributed by atoms with Gasteiger partial charge in [0.15, 0.2) is 0 Å². The average Bonchev–Trinajstić information content (AvgIpc) is 2.49. The topological polar surface area (TPSA) is 70.1 Å². The summed E-state index contributed by atoms with van der Waals surface area (Å²) < 4.78 is 0. The minimum Gasteiger partial charge on any atom is -0.327 e. The number of anilines is 1. The molecule has 1 aliphatic rings. The van der Waals surface area contributed by atoms with Gasteiger partial charge < -0.3 is 10.6 Å². The van der Waals surface area contributed by atoms with Crippen LogP contribution in [0.1, 0.15) is 32.1 Å². The van der Waals surface area contributed by atoms with Gasteiger partial charge in [-0.15, -0.1) is 0 Å². The fraction of sp³-hybridized carbons (Fsp3) is 0.500. The molecule has 0 bridgehead atoms. The molecule has 2 rings (SSSR count). The Bertz CT molecular complexity index is 480. The quantitative estimate of drug-likeness (QED) is 0.914. The second kappa shape index (κ2) is 7.06. The molecule has 1 saturated carbocycles. The molecule has 1 aliphatic carbocycles. The molecule has 0 saturated heterocycles. The number of para-hydroxylation sites is 1. The van der Waals surface area contributed by atoms with E-state index in [4.69, 9.17) is 11.0 Å². The third kappa shape index (κ3) is 3.37. The molecule has 1 aromatic carbocycles. The van der Waals surface area contributed by atoms with Crippen molar-refractivity contribution in [1.82, 2.24) is 0 Å². The van der Waals surface area contributed by atoms with Gasteiger partial charge in [-0.3, -0.25) is 4.79 Å². The van der Waals surface area contributed by atoms with Crippen LogP contribution >= 0.6 is 0 Å². The Morgan fingerprint density at radius 2 is 2.00 bits per heavy atom. The second-order valence-electron chi connectivity index (χ2n) is 5.29. The molecule has 1 fully saturated rings. The Morgan fingerprint density at radius 1 is 1.30 bits per heavy atom. The zero-order valence-electron chi connectivity index (χ0n) is 11.7. The fourth-order valence-corrected chi connectivity index (χ4v) is 2.80. The van der Waals surface area contributed by atoms with Crippen LogP contribution in [-0.4, -0.2) is 18.5 Å². The Balaban J connectivity index is 2.17. The zero-order chi connectivity index (χ0) is 14.4. The Morgan fingerprint density at radius 3 is 2.65 bits per heavy atom. The highest BCUT2D eigenvalue weighted by molar-refractivity contribution is 5.95. The van der Waals surface area contributed by atoms with Gasteiger partial charge >= 0.3 is 0 Å². The van der Waals surface area contributed by atoms with Crippen LogP contribution in [0.15, 0.2) is 30.3 Å². The Labute approximate surface area is 120 Å². The Kier molecular flexibility index (Phi) is 5.14. The molecule has 2 N–H and O–H groups in total. The molecule has 2 atom stereocenters. The molecule has 0 heterocycles. The summed E-state index contributed by atoms with van der Waals surface area (Å²) in [7, 11) is 0. The maximum atomic E-state index is 12.8. The van der Waals surface area contributed by atoms with Crippen molar-refractivity contribution in [3.05, 3.63) is 30.3 Å².